The maximum absolute atomic E-state index is 12.8. The zero-order valence-electron chi connectivity index (χ0n) is 20.4. The lowest BCUT2D eigenvalue weighted by molar-refractivity contribution is 0.0116. The number of hydrogen-bond donors (Lipinski definition) is 0. The molecule has 1 aliphatic carbocycles. The van der Waals surface area contributed by atoms with Crippen molar-refractivity contribution < 1.29 is 18.7 Å². The predicted octanol–water partition coefficient (Wildman–Crippen LogP) is 4.44. The lowest BCUT2D eigenvalue weighted by Crippen LogP contribution is -2.57. The van der Waals surface area contributed by atoms with Crippen LogP contribution in [0.3, 0.4) is 0 Å². The van der Waals surface area contributed by atoms with Gasteiger partial charge in [0.1, 0.15) is 22.7 Å². The Morgan fingerprint density at radius 3 is 2.59 bits per heavy atom. The first-order valence-corrected chi connectivity index (χ1v) is 11.7. The van der Waals surface area contributed by atoms with E-state index < -0.39 is 5.60 Å². The maximum atomic E-state index is 12.8. The molecule has 180 valence electrons. The number of fused-ring (bicyclic) bond motifs is 1. The van der Waals surface area contributed by atoms with E-state index in [4.69, 9.17) is 18.9 Å². The number of piperazine rings is 1. The summed E-state index contributed by atoms with van der Waals surface area (Å²) in [5.74, 6) is 2.59. The number of anilines is 1. The van der Waals surface area contributed by atoms with Crippen LogP contribution in [0.5, 0.6) is 5.75 Å². The minimum absolute atomic E-state index is 0.127. The van der Waals surface area contributed by atoms with Crippen molar-refractivity contribution in [3.05, 3.63) is 30.4 Å². The smallest absolute Gasteiger partial charge is 0.410 e. The second kappa shape index (κ2) is 8.45. The highest BCUT2D eigenvalue weighted by Gasteiger charge is 2.42. The van der Waals surface area contributed by atoms with Crippen molar-refractivity contribution in [2.75, 3.05) is 31.6 Å². The maximum Gasteiger partial charge on any atom is 0.410 e. The molecule has 1 amide bonds. The summed E-state index contributed by atoms with van der Waals surface area (Å²) in [5, 5.41) is 0. The normalized spacial score (nSPS) is 18.9. The molecule has 5 rings (SSSR count). The number of nitrogens with zero attached hydrogens (tertiary/aromatic N) is 5. The molecule has 3 aromatic rings. The fourth-order valence-electron chi connectivity index (χ4n) is 4.51. The molecule has 3 heterocycles. The third-order valence-electron chi connectivity index (χ3n) is 6.27. The van der Waals surface area contributed by atoms with Gasteiger partial charge in [-0.2, -0.15) is 0 Å². The summed E-state index contributed by atoms with van der Waals surface area (Å²) in [5.41, 5.74) is 2.43. The van der Waals surface area contributed by atoms with Gasteiger partial charge in [-0.15, -0.1) is 0 Å². The Morgan fingerprint density at radius 2 is 1.94 bits per heavy atom. The average Bonchev–Trinajstić information content (AvgIpc) is 3.58. The highest BCUT2D eigenvalue weighted by Crippen LogP contribution is 2.38. The molecule has 0 bridgehead atoms. The van der Waals surface area contributed by atoms with E-state index >= 15 is 0 Å². The number of amides is 1. The topological polar surface area (TPSA) is 93.8 Å². The van der Waals surface area contributed by atoms with Crippen LogP contribution >= 0.6 is 0 Å². The van der Waals surface area contributed by atoms with Gasteiger partial charge in [-0.25, -0.2) is 14.8 Å². The number of carbonyl (C=O) groups is 1. The van der Waals surface area contributed by atoms with Gasteiger partial charge in [-0.05, 0) is 45.6 Å². The van der Waals surface area contributed by atoms with E-state index in [0.717, 1.165) is 36.3 Å². The number of rotatable bonds is 4. The molecule has 34 heavy (non-hydrogen) atoms. The number of methoxy groups -OCH3 is 1. The Kier molecular flexibility index (Phi) is 5.58. The summed E-state index contributed by atoms with van der Waals surface area (Å²) < 4.78 is 16.9. The van der Waals surface area contributed by atoms with Gasteiger partial charge in [0, 0.05) is 38.2 Å². The summed E-state index contributed by atoms with van der Waals surface area (Å²) in [6.07, 6.45) is 5.61. The number of aryl methyl sites for hydroxylation is 1. The lowest BCUT2D eigenvalue weighted by Gasteiger charge is -2.42. The summed E-state index contributed by atoms with van der Waals surface area (Å²) >= 11 is 0. The fraction of sp³-hybridized carbons (Fsp3) is 0.520. The van der Waals surface area contributed by atoms with E-state index in [1.807, 2.05) is 44.7 Å². The molecule has 1 saturated heterocycles. The van der Waals surface area contributed by atoms with Crippen LogP contribution in [-0.4, -0.2) is 64.3 Å². The molecule has 0 N–H and O–H groups in total. The van der Waals surface area contributed by atoms with E-state index in [1.165, 1.54) is 0 Å². The highest BCUT2D eigenvalue weighted by molar-refractivity contribution is 5.84. The van der Waals surface area contributed by atoms with Crippen LogP contribution < -0.4 is 9.64 Å². The minimum Gasteiger partial charge on any atom is -0.496 e. The Morgan fingerprint density at radius 1 is 1.15 bits per heavy atom. The summed E-state index contributed by atoms with van der Waals surface area (Å²) in [7, 11) is 1.63. The summed E-state index contributed by atoms with van der Waals surface area (Å²) in [6, 6.07) is 3.87. The monoisotopic (exact) mass is 465 g/mol. The Bertz CT molecular complexity index is 1200. The molecule has 2 aliphatic rings. The number of hydrogen-bond acceptors (Lipinski definition) is 8. The molecule has 1 aliphatic heterocycles. The Balaban J connectivity index is 1.35. The molecule has 2 fully saturated rings. The number of ether oxygens (including phenoxy) is 2. The standard InChI is InChI=1S/C25H31N5O4/c1-15-28-18-11-21(32-5)17(10-22(18)33-15)19-12-27-23(13-26-19)29-8-9-30(20(14-29)16-6-7-16)24(31)34-25(2,3)4/h10-13,16,20H,6-9,14H2,1-5H3. The van der Waals surface area contributed by atoms with Crippen molar-refractivity contribution >= 4 is 23.0 Å². The molecule has 1 atom stereocenters. The highest BCUT2D eigenvalue weighted by atomic mass is 16.6. The van der Waals surface area contributed by atoms with Crippen LogP contribution in [0.25, 0.3) is 22.4 Å². The van der Waals surface area contributed by atoms with Crippen LogP contribution in [0.4, 0.5) is 10.6 Å². The van der Waals surface area contributed by atoms with Gasteiger partial charge in [-0.1, -0.05) is 0 Å². The van der Waals surface area contributed by atoms with E-state index in [2.05, 4.69) is 14.9 Å². The molecule has 9 nitrogen and oxygen atoms in total. The van der Waals surface area contributed by atoms with Gasteiger partial charge in [-0.3, -0.25) is 4.98 Å². The van der Waals surface area contributed by atoms with Crippen molar-refractivity contribution in [2.24, 2.45) is 5.92 Å². The van der Waals surface area contributed by atoms with Crippen LogP contribution in [0.15, 0.2) is 28.9 Å². The third kappa shape index (κ3) is 4.51. The zero-order valence-corrected chi connectivity index (χ0v) is 20.4. The first kappa shape index (κ1) is 22.4. The van der Waals surface area contributed by atoms with Gasteiger partial charge < -0.3 is 23.7 Å². The van der Waals surface area contributed by atoms with Gasteiger partial charge in [0.2, 0.25) is 0 Å². The van der Waals surface area contributed by atoms with E-state index in [1.54, 1.807) is 19.5 Å². The quantitative estimate of drug-likeness (QED) is 0.558. The summed E-state index contributed by atoms with van der Waals surface area (Å²) in [4.78, 5) is 30.7. The van der Waals surface area contributed by atoms with Crippen molar-refractivity contribution in [1.29, 1.82) is 0 Å². The van der Waals surface area contributed by atoms with Crippen molar-refractivity contribution in [1.82, 2.24) is 19.9 Å². The average molecular weight is 466 g/mol. The second-order valence-corrected chi connectivity index (χ2v) is 10.0. The Labute approximate surface area is 199 Å². The van der Waals surface area contributed by atoms with Gasteiger partial charge in [0.25, 0.3) is 0 Å². The zero-order chi connectivity index (χ0) is 24.0. The minimum atomic E-state index is -0.502. The Hall–Kier alpha value is -3.36. The van der Waals surface area contributed by atoms with Crippen LogP contribution in [0.1, 0.15) is 39.5 Å². The molecular weight excluding hydrogens is 434 g/mol. The molecular formula is C25H31N5O4. The number of oxazole rings is 1. The second-order valence-electron chi connectivity index (χ2n) is 10.0. The van der Waals surface area contributed by atoms with Crippen LogP contribution in [-0.2, 0) is 4.74 Å². The van der Waals surface area contributed by atoms with Crippen LogP contribution in [0, 0.1) is 12.8 Å². The van der Waals surface area contributed by atoms with Crippen molar-refractivity contribution in [2.45, 2.75) is 52.2 Å². The van der Waals surface area contributed by atoms with Crippen LogP contribution in [0.2, 0.25) is 0 Å². The molecule has 0 spiro atoms. The molecule has 1 saturated carbocycles. The van der Waals surface area contributed by atoms with E-state index in [-0.39, 0.29) is 12.1 Å². The molecule has 0 radical (unpaired) electrons. The largest absolute Gasteiger partial charge is 0.496 e. The third-order valence-corrected chi connectivity index (χ3v) is 6.27. The first-order chi connectivity index (χ1) is 16.2. The van der Waals surface area contributed by atoms with Crippen molar-refractivity contribution in [3.8, 4) is 17.0 Å². The van der Waals surface area contributed by atoms with Gasteiger partial charge in [0.15, 0.2) is 11.5 Å². The number of carbonyl (C=O) groups excluding carboxylic acids is 1. The van der Waals surface area contributed by atoms with Gasteiger partial charge in [0.05, 0.1) is 31.2 Å². The number of benzene rings is 1. The predicted molar refractivity (Wildman–Crippen MR) is 128 cm³/mol. The van der Waals surface area contributed by atoms with E-state index in [9.17, 15) is 4.79 Å². The first-order valence-electron chi connectivity index (χ1n) is 11.7. The summed E-state index contributed by atoms with van der Waals surface area (Å²) in [6.45, 7) is 9.54. The van der Waals surface area contributed by atoms with Gasteiger partial charge >= 0.3 is 6.09 Å². The molecule has 1 unspecified atom stereocenters. The number of aromatic nitrogens is 3. The fourth-order valence-corrected chi connectivity index (χ4v) is 4.51. The molecule has 9 heteroatoms. The molecule has 2 aromatic heterocycles. The molecule has 1 aromatic carbocycles. The SMILES string of the molecule is COc1cc2nc(C)oc2cc1-c1cnc(N2CCN(C(=O)OC(C)(C)C)C(C3CC3)C2)cn1. The lowest BCUT2D eigenvalue weighted by atomic mass is 10.1. The van der Waals surface area contributed by atoms with Crippen molar-refractivity contribution in [3.63, 3.8) is 0 Å². The van der Waals surface area contributed by atoms with E-state index in [0.29, 0.717) is 41.9 Å².